The molecule has 0 bridgehead atoms. The molecule has 0 spiro atoms. The molecule has 2 aliphatic rings. The van der Waals surface area contributed by atoms with Crippen LogP contribution in [0.15, 0.2) is 30.3 Å². The van der Waals surface area contributed by atoms with Gasteiger partial charge in [-0.3, -0.25) is 20.4 Å². The predicted octanol–water partition coefficient (Wildman–Crippen LogP) is 4.19. The first-order valence-corrected chi connectivity index (χ1v) is 11.8. The van der Waals surface area contributed by atoms with Crippen molar-refractivity contribution in [2.24, 2.45) is 5.41 Å². The molecule has 9 heteroatoms. The standard InChI is InChI=1S/C26H31FN6O2/c1-15-8-9-21(28)33(15)23(29)20-6-5-7-22(30-20)31-24(34)18-12-17-14-32(25(35)26(2,3)4)11-10-16(17)13-19(18)27/h5-7,12-13,15,28-29H,8-11,14H2,1-4H3,(H,30,31,34). The monoisotopic (exact) mass is 478 g/mol. The molecule has 1 aromatic heterocycles. The van der Waals surface area contributed by atoms with Crippen LogP contribution in [0.1, 0.15) is 67.7 Å². The van der Waals surface area contributed by atoms with Crippen molar-refractivity contribution in [2.45, 2.75) is 59.5 Å². The van der Waals surface area contributed by atoms with Crippen molar-refractivity contribution in [1.29, 1.82) is 10.8 Å². The third kappa shape index (κ3) is 4.94. The number of nitrogens with zero attached hydrogens (tertiary/aromatic N) is 3. The molecule has 2 aliphatic heterocycles. The minimum Gasteiger partial charge on any atom is -0.338 e. The summed E-state index contributed by atoms with van der Waals surface area (Å²) in [5.74, 6) is -0.601. The molecular formula is C26H31FN6O2. The van der Waals surface area contributed by atoms with Crippen LogP contribution < -0.4 is 5.32 Å². The highest BCUT2D eigenvalue weighted by Crippen LogP contribution is 2.27. The largest absolute Gasteiger partial charge is 0.338 e. The third-order valence-corrected chi connectivity index (χ3v) is 6.48. The van der Waals surface area contributed by atoms with E-state index in [1.165, 1.54) is 12.1 Å². The summed E-state index contributed by atoms with van der Waals surface area (Å²) in [7, 11) is 0. The lowest BCUT2D eigenvalue weighted by molar-refractivity contribution is -0.140. The Labute approximate surface area is 204 Å². The van der Waals surface area contributed by atoms with Crippen molar-refractivity contribution in [2.75, 3.05) is 11.9 Å². The number of nitrogens with one attached hydrogen (secondary N) is 3. The van der Waals surface area contributed by atoms with E-state index < -0.39 is 17.1 Å². The number of carbonyl (C=O) groups is 2. The molecule has 1 saturated heterocycles. The lowest BCUT2D eigenvalue weighted by Gasteiger charge is -2.33. The maximum Gasteiger partial charge on any atom is 0.259 e. The van der Waals surface area contributed by atoms with Crippen molar-refractivity contribution >= 4 is 29.3 Å². The maximum atomic E-state index is 14.8. The van der Waals surface area contributed by atoms with E-state index in [2.05, 4.69) is 10.3 Å². The molecule has 184 valence electrons. The van der Waals surface area contributed by atoms with Gasteiger partial charge in [0.2, 0.25) is 5.91 Å². The van der Waals surface area contributed by atoms with Gasteiger partial charge >= 0.3 is 0 Å². The van der Waals surface area contributed by atoms with Crippen molar-refractivity contribution in [3.8, 4) is 0 Å². The smallest absolute Gasteiger partial charge is 0.259 e. The zero-order valence-corrected chi connectivity index (χ0v) is 20.5. The lowest BCUT2D eigenvalue weighted by atomic mass is 9.91. The third-order valence-electron chi connectivity index (χ3n) is 6.48. The first-order chi connectivity index (χ1) is 16.5. The zero-order valence-electron chi connectivity index (χ0n) is 20.5. The molecule has 2 amide bonds. The van der Waals surface area contributed by atoms with Crippen LogP contribution in [0.4, 0.5) is 10.2 Å². The van der Waals surface area contributed by atoms with Gasteiger partial charge in [0.15, 0.2) is 5.84 Å². The topological polar surface area (TPSA) is 113 Å². The molecule has 3 heterocycles. The van der Waals surface area contributed by atoms with Gasteiger partial charge in [-0.05, 0) is 55.2 Å². The van der Waals surface area contributed by atoms with E-state index >= 15 is 0 Å². The summed E-state index contributed by atoms with van der Waals surface area (Å²) in [6.45, 7) is 8.39. The van der Waals surface area contributed by atoms with Crippen molar-refractivity contribution < 1.29 is 14.0 Å². The molecule has 4 rings (SSSR count). The number of hydrogen-bond acceptors (Lipinski definition) is 5. The van der Waals surface area contributed by atoms with Gasteiger partial charge in [0.25, 0.3) is 5.91 Å². The van der Waals surface area contributed by atoms with Gasteiger partial charge in [0, 0.05) is 31.0 Å². The number of aromatic nitrogens is 1. The average molecular weight is 479 g/mol. The van der Waals surface area contributed by atoms with Crippen LogP contribution in [-0.4, -0.2) is 50.9 Å². The van der Waals surface area contributed by atoms with Crippen LogP contribution in [0, 0.1) is 22.1 Å². The van der Waals surface area contributed by atoms with Gasteiger partial charge in [0.05, 0.1) is 5.56 Å². The van der Waals surface area contributed by atoms with E-state index in [-0.39, 0.29) is 29.2 Å². The van der Waals surface area contributed by atoms with Crippen LogP contribution in [0.2, 0.25) is 0 Å². The normalized spacial score (nSPS) is 17.9. The Bertz CT molecular complexity index is 1220. The highest BCUT2D eigenvalue weighted by Gasteiger charge is 2.31. The Balaban J connectivity index is 1.53. The summed E-state index contributed by atoms with van der Waals surface area (Å²) in [6, 6.07) is 7.81. The molecule has 1 unspecified atom stereocenters. The second-order valence-electron chi connectivity index (χ2n) is 10.2. The minimum atomic E-state index is -0.650. The second-order valence-corrected chi connectivity index (χ2v) is 10.2. The van der Waals surface area contributed by atoms with E-state index in [0.29, 0.717) is 37.5 Å². The average Bonchev–Trinajstić information content (AvgIpc) is 3.14. The molecule has 1 atom stereocenters. The summed E-state index contributed by atoms with van der Waals surface area (Å²) in [5.41, 5.74) is 1.24. The Kier molecular flexibility index (Phi) is 6.44. The van der Waals surface area contributed by atoms with E-state index in [1.807, 2.05) is 27.7 Å². The Morgan fingerprint density at radius 2 is 1.91 bits per heavy atom. The molecule has 0 radical (unpaired) electrons. The summed E-state index contributed by atoms with van der Waals surface area (Å²) >= 11 is 0. The van der Waals surface area contributed by atoms with Crippen molar-refractivity contribution in [1.82, 2.24) is 14.8 Å². The first-order valence-electron chi connectivity index (χ1n) is 11.8. The predicted molar refractivity (Wildman–Crippen MR) is 132 cm³/mol. The Morgan fingerprint density at radius 3 is 2.57 bits per heavy atom. The number of halogens is 1. The molecule has 8 nitrogen and oxygen atoms in total. The van der Waals surface area contributed by atoms with Gasteiger partial charge in [-0.2, -0.15) is 0 Å². The summed E-state index contributed by atoms with van der Waals surface area (Å²) in [6.07, 6.45) is 1.94. The molecule has 2 aromatic rings. The maximum absolute atomic E-state index is 14.8. The number of pyridine rings is 1. The highest BCUT2D eigenvalue weighted by molar-refractivity contribution is 6.08. The van der Waals surface area contributed by atoms with Crippen LogP contribution in [0.3, 0.4) is 0 Å². The van der Waals surface area contributed by atoms with Gasteiger partial charge in [-0.15, -0.1) is 0 Å². The quantitative estimate of drug-likeness (QED) is 0.453. The van der Waals surface area contributed by atoms with E-state index in [9.17, 15) is 14.0 Å². The lowest BCUT2D eigenvalue weighted by Crippen LogP contribution is -2.42. The van der Waals surface area contributed by atoms with Crippen LogP contribution >= 0.6 is 0 Å². The molecule has 1 fully saturated rings. The van der Waals surface area contributed by atoms with E-state index in [1.54, 1.807) is 28.0 Å². The zero-order chi connectivity index (χ0) is 25.5. The number of anilines is 1. The van der Waals surface area contributed by atoms with Crippen molar-refractivity contribution in [3.63, 3.8) is 0 Å². The first kappa shape index (κ1) is 24.5. The molecular weight excluding hydrogens is 447 g/mol. The summed E-state index contributed by atoms with van der Waals surface area (Å²) < 4.78 is 14.8. The number of rotatable bonds is 3. The van der Waals surface area contributed by atoms with Crippen LogP contribution in [0.25, 0.3) is 0 Å². The van der Waals surface area contributed by atoms with E-state index in [4.69, 9.17) is 10.8 Å². The number of benzene rings is 1. The number of hydrogen-bond donors (Lipinski definition) is 3. The number of amides is 2. The number of fused-ring (bicyclic) bond motifs is 1. The second kappa shape index (κ2) is 9.20. The van der Waals surface area contributed by atoms with Crippen LogP contribution in [0.5, 0.6) is 0 Å². The van der Waals surface area contributed by atoms with E-state index in [0.717, 1.165) is 17.5 Å². The molecule has 1 aromatic carbocycles. The fourth-order valence-corrected chi connectivity index (χ4v) is 4.56. The van der Waals surface area contributed by atoms with Gasteiger partial charge in [-0.1, -0.05) is 26.8 Å². The summed E-state index contributed by atoms with van der Waals surface area (Å²) in [4.78, 5) is 33.4. The molecule has 0 saturated carbocycles. The van der Waals surface area contributed by atoms with Gasteiger partial charge < -0.3 is 15.1 Å². The van der Waals surface area contributed by atoms with Gasteiger partial charge in [0.1, 0.15) is 23.2 Å². The fourth-order valence-electron chi connectivity index (χ4n) is 4.56. The highest BCUT2D eigenvalue weighted by atomic mass is 19.1. The number of amidine groups is 2. The Hall–Kier alpha value is -3.62. The number of carbonyl (C=O) groups excluding carboxylic acids is 2. The Morgan fingerprint density at radius 1 is 1.17 bits per heavy atom. The summed E-state index contributed by atoms with van der Waals surface area (Å²) in [5, 5.41) is 19.2. The van der Waals surface area contributed by atoms with Crippen LogP contribution in [-0.2, 0) is 17.8 Å². The SMILES string of the molecule is CC1CCC(=N)N1C(=N)c1cccc(NC(=O)c2cc3c(cc2F)CCN(C(=O)C(C)(C)C)C3)n1. The van der Waals surface area contributed by atoms with Crippen molar-refractivity contribution in [3.05, 3.63) is 58.5 Å². The molecule has 0 aliphatic carbocycles. The minimum absolute atomic E-state index is 0.0161. The molecule has 35 heavy (non-hydrogen) atoms. The van der Waals surface area contributed by atoms with Gasteiger partial charge in [-0.25, -0.2) is 9.37 Å². The number of likely N-dealkylation sites (tertiary alicyclic amines) is 1. The fraction of sp³-hybridized carbons (Fsp3) is 0.423. The molecule has 3 N–H and O–H groups in total.